The molecule has 44 heavy (non-hydrogen) atoms. The number of halogens is 2. The van der Waals surface area contributed by atoms with Gasteiger partial charge in [0.1, 0.15) is 0 Å². The van der Waals surface area contributed by atoms with Crippen molar-refractivity contribution in [3.63, 3.8) is 0 Å². The van der Waals surface area contributed by atoms with Gasteiger partial charge in [-0.3, -0.25) is 0 Å². The Balaban J connectivity index is 0.00000221. The van der Waals surface area contributed by atoms with Crippen LogP contribution in [0.1, 0.15) is 147 Å². The second kappa shape index (κ2) is 13.6. The van der Waals surface area contributed by atoms with E-state index in [9.17, 15) is 0 Å². The van der Waals surface area contributed by atoms with Gasteiger partial charge in [-0.05, 0) is 0 Å². The molecule has 0 N–H and O–H groups in total. The van der Waals surface area contributed by atoms with Crippen LogP contribution in [0.25, 0.3) is 11.1 Å². The van der Waals surface area contributed by atoms with E-state index in [1.807, 2.05) is 6.55 Å². The van der Waals surface area contributed by atoms with Crippen LogP contribution < -0.4 is 3.27 Å². The van der Waals surface area contributed by atoms with Gasteiger partial charge < -0.3 is 0 Å². The Labute approximate surface area is 285 Å². The summed E-state index contributed by atoms with van der Waals surface area (Å²) in [6.45, 7) is 17.5. The maximum absolute atomic E-state index is 3.98. The van der Waals surface area contributed by atoms with Gasteiger partial charge in [0.15, 0.2) is 0 Å². The van der Waals surface area contributed by atoms with Crippen LogP contribution in [0.3, 0.4) is 0 Å². The smallest absolute Gasteiger partial charge is 0.147 e. The minimum atomic E-state index is -3.98. The SMILES string of the molecule is CC(C)(C)c1ccc2c(c1)Cc1c-2ccc(C(C)(C)C)[c]1[Zr](=[SiH2])([C]1=CC=CC1)([CH]1CCCCCC1)[CH]1CCCCCC1.Cl.Cl. The van der Waals surface area contributed by atoms with Crippen molar-refractivity contribution >= 4 is 35.0 Å². The summed E-state index contributed by atoms with van der Waals surface area (Å²) < 4.78 is 5.81. The maximum Gasteiger partial charge on any atom is -0.147 e. The zero-order valence-electron chi connectivity index (χ0n) is 28.7. The fraction of sp³-hybridized carbons (Fsp3) is 0.600. The fourth-order valence-corrected chi connectivity index (χ4v) is 42.2. The first kappa shape index (κ1) is 36.4. The van der Waals surface area contributed by atoms with E-state index < -0.39 is 17.4 Å². The topological polar surface area (TPSA) is 0 Å². The van der Waals surface area contributed by atoms with E-state index in [1.165, 1.54) is 94.6 Å². The molecule has 0 amide bonds. The van der Waals surface area contributed by atoms with Crippen molar-refractivity contribution in [1.29, 1.82) is 0 Å². The minimum absolute atomic E-state index is 0. The molecular formula is C40H60Cl2SiZr. The van der Waals surface area contributed by atoms with Crippen molar-refractivity contribution < 1.29 is 17.4 Å². The summed E-state index contributed by atoms with van der Waals surface area (Å²) in [5.74, 6) is 0. The molecule has 0 aromatic heterocycles. The summed E-state index contributed by atoms with van der Waals surface area (Å²) in [6, 6.07) is 12.7. The van der Waals surface area contributed by atoms with E-state index in [0.717, 1.165) is 13.7 Å². The number of benzene rings is 2. The molecule has 4 heteroatoms. The van der Waals surface area contributed by atoms with Crippen LogP contribution in [0.4, 0.5) is 0 Å². The van der Waals surface area contributed by atoms with Crippen molar-refractivity contribution in [3.8, 4) is 11.1 Å². The van der Waals surface area contributed by atoms with Gasteiger partial charge in [0, 0.05) is 0 Å². The molecule has 2 aromatic carbocycles. The molecular weight excluding hydrogens is 671 g/mol. The molecule has 2 saturated carbocycles. The van der Waals surface area contributed by atoms with Gasteiger partial charge >= 0.3 is 262 Å². The van der Waals surface area contributed by atoms with Gasteiger partial charge in [-0.15, -0.1) is 24.8 Å². The van der Waals surface area contributed by atoms with Crippen molar-refractivity contribution in [3.05, 3.63) is 74.1 Å². The number of hydrogen-bond donors (Lipinski definition) is 0. The van der Waals surface area contributed by atoms with E-state index in [1.54, 1.807) is 22.3 Å². The quantitative estimate of drug-likeness (QED) is 0.185. The molecule has 0 radical (unpaired) electrons. The Morgan fingerprint density at radius 1 is 0.682 bits per heavy atom. The first-order valence-corrected chi connectivity index (χ1v) is 28.9. The van der Waals surface area contributed by atoms with Crippen LogP contribution in [0.2, 0.25) is 7.25 Å². The molecule has 2 aromatic rings. The summed E-state index contributed by atoms with van der Waals surface area (Å²) in [5, 5.41) is 0. The molecule has 0 heterocycles. The first-order valence-electron chi connectivity index (χ1n) is 17.6. The summed E-state index contributed by atoms with van der Waals surface area (Å²) in [7, 11) is 0. The van der Waals surface area contributed by atoms with Crippen molar-refractivity contribution in [2.45, 2.75) is 150 Å². The predicted octanol–water partition coefficient (Wildman–Crippen LogP) is 11.7. The van der Waals surface area contributed by atoms with Gasteiger partial charge in [0.25, 0.3) is 0 Å². The molecule has 0 aliphatic heterocycles. The van der Waals surface area contributed by atoms with Gasteiger partial charge in [0.05, 0.1) is 0 Å². The third-order valence-corrected chi connectivity index (χ3v) is 45.0. The molecule has 4 aliphatic rings. The monoisotopic (exact) mass is 728 g/mol. The van der Waals surface area contributed by atoms with Crippen molar-refractivity contribution in [2.24, 2.45) is 0 Å². The van der Waals surface area contributed by atoms with Crippen LogP contribution in [0.5, 0.6) is 0 Å². The van der Waals surface area contributed by atoms with Crippen LogP contribution in [0.15, 0.2) is 51.8 Å². The molecule has 0 bridgehead atoms. The Hall–Kier alpha value is -0.400. The summed E-state index contributed by atoms with van der Waals surface area (Å²) in [6.07, 6.45) is 27.6. The second-order valence-electron chi connectivity index (χ2n) is 16.9. The first-order chi connectivity index (χ1) is 19.9. The van der Waals surface area contributed by atoms with Crippen LogP contribution in [0, 0.1) is 0 Å². The van der Waals surface area contributed by atoms with Gasteiger partial charge in [0.2, 0.25) is 0 Å². The Morgan fingerprint density at radius 2 is 1.23 bits per heavy atom. The minimum Gasteiger partial charge on any atom is -0.147 e. The summed E-state index contributed by atoms with van der Waals surface area (Å²) in [4.78, 5) is 0. The molecule has 0 nitrogen and oxygen atoms in total. The zero-order chi connectivity index (χ0) is 29.8. The van der Waals surface area contributed by atoms with Gasteiger partial charge in [-0.25, -0.2) is 0 Å². The predicted molar refractivity (Wildman–Crippen MR) is 200 cm³/mol. The molecule has 0 spiro atoms. The zero-order valence-corrected chi connectivity index (χ0v) is 34.2. The average Bonchev–Trinajstić information content (AvgIpc) is 3.40. The Bertz CT molecular complexity index is 1440. The summed E-state index contributed by atoms with van der Waals surface area (Å²) in [5.41, 5.74) is 10.0. The molecule has 4 aliphatic carbocycles. The molecule has 0 unspecified atom stereocenters. The molecule has 242 valence electrons. The van der Waals surface area contributed by atoms with Gasteiger partial charge in [-0.2, -0.15) is 0 Å². The molecule has 2 fully saturated rings. The summed E-state index contributed by atoms with van der Waals surface area (Å²) >= 11 is -3.98. The van der Waals surface area contributed by atoms with E-state index in [-0.39, 0.29) is 35.6 Å². The standard InChI is InChI=1S/C21H25.2C7H13.C5H5.2ClH.H2Si.Zr/c1-20(2,3)16-7-9-18-14(12-16)11-15-13-17(21(4,5)6)8-10-19(15)18;2*1-2-4-6-7-5-3-1;1-2-4-5-3-1;;;;/h7-10,12H,11H2,1-6H3;2*1H,2-7H2;1-3H,4H2;2*1H;1H2;. The second-order valence-corrected chi connectivity index (χ2v) is 40.7. The number of allylic oxidation sites excluding steroid dienone is 4. The maximum atomic E-state index is 2.74. The molecule has 6 rings (SSSR count). The Kier molecular flexibility index (Phi) is 11.3. The van der Waals surface area contributed by atoms with E-state index in [0.29, 0.717) is 0 Å². The molecule has 0 atom stereocenters. The van der Waals surface area contributed by atoms with E-state index >= 15 is 0 Å². The Morgan fingerprint density at radius 3 is 1.70 bits per heavy atom. The third kappa shape index (κ3) is 6.03. The van der Waals surface area contributed by atoms with E-state index in [2.05, 4.69) is 97.0 Å². The van der Waals surface area contributed by atoms with Crippen LogP contribution >= 0.6 is 24.8 Å². The van der Waals surface area contributed by atoms with Gasteiger partial charge in [-0.1, -0.05) is 0 Å². The largest absolute Gasteiger partial charge is 0.147 e. The van der Waals surface area contributed by atoms with Crippen molar-refractivity contribution in [2.75, 3.05) is 0 Å². The average molecular weight is 731 g/mol. The third-order valence-electron chi connectivity index (χ3n) is 12.4. The number of hydrogen-bond acceptors (Lipinski definition) is 0. The van der Waals surface area contributed by atoms with E-state index in [4.69, 9.17) is 0 Å². The number of fused-ring (bicyclic) bond motifs is 3. The fourth-order valence-electron chi connectivity index (χ4n) is 10.2. The molecule has 0 saturated heterocycles. The normalized spacial score (nSPS) is 20.1. The van der Waals surface area contributed by atoms with Crippen LogP contribution in [-0.4, -0.2) is 6.88 Å². The van der Waals surface area contributed by atoms with Crippen molar-refractivity contribution in [1.82, 2.24) is 0 Å². The number of rotatable bonds is 4. The van der Waals surface area contributed by atoms with Crippen LogP contribution in [-0.2, 0) is 34.6 Å².